The van der Waals surface area contributed by atoms with Gasteiger partial charge in [0.2, 0.25) is 0 Å². The first-order valence-corrected chi connectivity index (χ1v) is 9.65. The SMILES string of the molecule is CC(=O)[C@@H]1[C@H]2C[C@H]3c4[nH]c5ccccc5c4CCN3C[C@@H]2CC[C@@H]1O. The monoisotopic (exact) mass is 338 g/mol. The van der Waals surface area contributed by atoms with E-state index in [2.05, 4.69) is 34.1 Å². The topological polar surface area (TPSA) is 56.3 Å². The van der Waals surface area contributed by atoms with Gasteiger partial charge in [-0.3, -0.25) is 9.69 Å². The van der Waals surface area contributed by atoms with E-state index in [9.17, 15) is 9.90 Å². The molecular formula is C21H26N2O2. The minimum absolute atomic E-state index is 0.170. The number of H-pyrrole nitrogens is 1. The molecule has 25 heavy (non-hydrogen) atoms. The van der Waals surface area contributed by atoms with E-state index in [1.165, 1.54) is 22.2 Å². The molecule has 0 spiro atoms. The lowest BCUT2D eigenvalue weighted by Crippen LogP contribution is -2.52. The summed E-state index contributed by atoms with van der Waals surface area (Å²) >= 11 is 0. The fourth-order valence-electron chi connectivity index (χ4n) is 5.91. The molecule has 5 rings (SSSR count). The molecule has 1 saturated carbocycles. The number of para-hydroxylation sites is 1. The number of nitrogens with one attached hydrogen (secondary N) is 1. The van der Waals surface area contributed by atoms with Crippen LogP contribution in [0.1, 0.15) is 43.5 Å². The van der Waals surface area contributed by atoms with Crippen molar-refractivity contribution in [2.75, 3.05) is 13.1 Å². The van der Waals surface area contributed by atoms with Gasteiger partial charge in [-0.15, -0.1) is 0 Å². The van der Waals surface area contributed by atoms with Crippen LogP contribution in [0.4, 0.5) is 0 Å². The highest BCUT2D eigenvalue weighted by molar-refractivity contribution is 5.85. The molecule has 1 aromatic carbocycles. The van der Waals surface area contributed by atoms with Crippen molar-refractivity contribution in [2.45, 2.75) is 44.8 Å². The molecule has 0 unspecified atom stereocenters. The third-order valence-electron chi connectivity index (χ3n) is 7.02. The molecule has 1 aliphatic carbocycles. The summed E-state index contributed by atoms with van der Waals surface area (Å²) in [4.78, 5) is 18.5. The Labute approximate surface area is 148 Å². The Kier molecular flexibility index (Phi) is 3.54. The summed E-state index contributed by atoms with van der Waals surface area (Å²) in [6.07, 6.45) is 3.48. The van der Waals surface area contributed by atoms with Crippen molar-refractivity contribution in [1.82, 2.24) is 9.88 Å². The summed E-state index contributed by atoms with van der Waals surface area (Å²) in [6, 6.07) is 8.94. The average molecular weight is 338 g/mol. The lowest BCUT2D eigenvalue weighted by atomic mass is 9.64. The molecule has 2 fully saturated rings. The number of fused-ring (bicyclic) bond motifs is 6. The Morgan fingerprint density at radius 2 is 2.12 bits per heavy atom. The Balaban J connectivity index is 1.54. The molecule has 0 amide bonds. The molecule has 4 nitrogen and oxygen atoms in total. The molecule has 2 aliphatic heterocycles. The second kappa shape index (κ2) is 5.68. The maximum Gasteiger partial charge on any atom is 0.135 e. The number of carbonyl (C=O) groups excluding carboxylic acids is 1. The minimum atomic E-state index is -0.448. The molecule has 1 saturated heterocycles. The molecule has 3 aliphatic rings. The zero-order valence-corrected chi connectivity index (χ0v) is 14.7. The number of hydrogen-bond acceptors (Lipinski definition) is 3. The molecule has 3 heterocycles. The van der Waals surface area contributed by atoms with Crippen LogP contribution in [0.25, 0.3) is 10.9 Å². The number of ketones is 1. The molecule has 132 valence electrons. The Morgan fingerprint density at radius 1 is 1.28 bits per heavy atom. The van der Waals surface area contributed by atoms with Gasteiger partial charge in [-0.05, 0) is 56.1 Å². The lowest BCUT2D eigenvalue weighted by Gasteiger charge is -2.51. The normalized spacial score (nSPS) is 35.0. The van der Waals surface area contributed by atoms with Crippen LogP contribution in [0.5, 0.6) is 0 Å². The van der Waals surface area contributed by atoms with Gasteiger partial charge in [0.25, 0.3) is 0 Å². The van der Waals surface area contributed by atoms with Gasteiger partial charge in [-0.1, -0.05) is 18.2 Å². The predicted octanol–water partition coefficient (Wildman–Crippen LogP) is 3.06. The number of nitrogens with zero attached hydrogens (tertiary/aromatic N) is 1. The number of benzene rings is 1. The van der Waals surface area contributed by atoms with Gasteiger partial charge in [0.15, 0.2) is 0 Å². The lowest BCUT2D eigenvalue weighted by molar-refractivity contribution is -0.134. The van der Waals surface area contributed by atoms with Crippen LogP contribution in [0.2, 0.25) is 0 Å². The van der Waals surface area contributed by atoms with Gasteiger partial charge in [0.1, 0.15) is 5.78 Å². The maximum absolute atomic E-state index is 12.2. The molecule has 2 N–H and O–H groups in total. The van der Waals surface area contributed by atoms with Crippen molar-refractivity contribution < 1.29 is 9.90 Å². The van der Waals surface area contributed by atoms with Gasteiger partial charge < -0.3 is 10.1 Å². The predicted molar refractivity (Wildman–Crippen MR) is 97.3 cm³/mol. The maximum atomic E-state index is 12.2. The van der Waals surface area contributed by atoms with E-state index in [0.717, 1.165) is 38.8 Å². The van der Waals surface area contributed by atoms with Gasteiger partial charge in [-0.2, -0.15) is 0 Å². The second-order valence-electron chi connectivity index (χ2n) is 8.26. The number of aliphatic hydroxyl groups is 1. The summed E-state index contributed by atoms with van der Waals surface area (Å²) in [5.74, 6) is 0.873. The van der Waals surface area contributed by atoms with Crippen LogP contribution in [-0.4, -0.2) is 40.0 Å². The number of piperidine rings is 1. The van der Waals surface area contributed by atoms with Crippen LogP contribution in [-0.2, 0) is 11.2 Å². The third-order valence-corrected chi connectivity index (χ3v) is 7.02. The Hall–Kier alpha value is -1.65. The summed E-state index contributed by atoms with van der Waals surface area (Å²) < 4.78 is 0. The quantitative estimate of drug-likeness (QED) is 0.840. The zero-order valence-electron chi connectivity index (χ0n) is 14.7. The standard InChI is InChI=1S/C21H26N2O2/c1-12(24)20-16-10-18-21-15(14-4-2-3-5-17(14)22-21)8-9-23(18)11-13(16)6-7-19(20)25/h2-5,13,16,18-20,22,25H,6-11H2,1H3/t13-,16-,18-,19-,20+/m0/s1. The first kappa shape index (κ1) is 15.6. The number of aromatic amines is 1. The summed E-state index contributed by atoms with van der Waals surface area (Å²) in [7, 11) is 0. The third kappa shape index (κ3) is 2.31. The number of carbonyl (C=O) groups is 1. The number of hydrogen-bond donors (Lipinski definition) is 2. The smallest absolute Gasteiger partial charge is 0.135 e. The largest absolute Gasteiger partial charge is 0.392 e. The van der Waals surface area contributed by atoms with E-state index >= 15 is 0 Å². The Morgan fingerprint density at radius 3 is 2.96 bits per heavy atom. The van der Waals surface area contributed by atoms with Gasteiger partial charge in [0.05, 0.1) is 12.1 Å². The van der Waals surface area contributed by atoms with Crippen LogP contribution >= 0.6 is 0 Å². The first-order valence-electron chi connectivity index (χ1n) is 9.65. The van der Waals surface area contributed by atoms with Gasteiger partial charge in [0, 0.05) is 35.6 Å². The summed E-state index contributed by atoms with van der Waals surface area (Å²) in [5.41, 5.74) is 4.04. The van der Waals surface area contributed by atoms with E-state index in [-0.39, 0.29) is 11.7 Å². The molecule has 5 atom stereocenters. The highest BCUT2D eigenvalue weighted by Crippen LogP contribution is 2.49. The summed E-state index contributed by atoms with van der Waals surface area (Å²) in [6.45, 7) is 3.84. The van der Waals surface area contributed by atoms with E-state index in [0.29, 0.717) is 17.9 Å². The van der Waals surface area contributed by atoms with E-state index in [1.54, 1.807) is 6.92 Å². The molecule has 4 heteroatoms. The van der Waals surface area contributed by atoms with Crippen LogP contribution in [0.3, 0.4) is 0 Å². The fourth-order valence-corrected chi connectivity index (χ4v) is 5.91. The number of aliphatic hydroxyl groups excluding tert-OH is 1. The van der Waals surface area contributed by atoms with Crippen molar-refractivity contribution in [2.24, 2.45) is 17.8 Å². The van der Waals surface area contributed by atoms with Crippen molar-refractivity contribution >= 4 is 16.7 Å². The highest BCUT2D eigenvalue weighted by Gasteiger charge is 2.48. The number of Topliss-reactive ketones (excluding diaryl/α,β-unsaturated/α-hetero) is 1. The minimum Gasteiger partial charge on any atom is -0.392 e. The van der Waals surface area contributed by atoms with Crippen LogP contribution < -0.4 is 0 Å². The first-order chi connectivity index (χ1) is 12.1. The van der Waals surface area contributed by atoms with Gasteiger partial charge in [-0.25, -0.2) is 0 Å². The molecule has 2 aromatic rings. The van der Waals surface area contributed by atoms with Crippen LogP contribution in [0.15, 0.2) is 24.3 Å². The zero-order chi connectivity index (χ0) is 17.1. The van der Waals surface area contributed by atoms with E-state index in [1.807, 2.05) is 0 Å². The van der Waals surface area contributed by atoms with E-state index in [4.69, 9.17) is 0 Å². The van der Waals surface area contributed by atoms with Crippen molar-refractivity contribution in [1.29, 1.82) is 0 Å². The molecule has 1 aromatic heterocycles. The van der Waals surface area contributed by atoms with Crippen molar-refractivity contribution in [3.05, 3.63) is 35.5 Å². The molecular weight excluding hydrogens is 312 g/mol. The molecule has 0 bridgehead atoms. The summed E-state index contributed by atoms with van der Waals surface area (Å²) in [5, 5.41) is 11.8. The molecule has 0 radical (unpaired) electrons. The van der Waals surface area contributed by atoms with Crippen molar-refractivity contribution in [3.8, 4) is 0 Å². The van der Waals surface area contributed by atoms with Crippen molar-refractivity contribution in [3.63, 3.8) is 0 Å². The second-order valence-corrected chi connectivity index (χ2v) is 8.26. The van der Waals surface area contributed by atoms with Gasteiger partial charge >= 0.3 is 0 Å². The number of rotatable bonds is 1. The van der Waals surface area contributed by atoms with Crippen LogP contribution in [0, 0.1) is 17.8 Å². The highest BCUT2D eigenvalue weighted by atomic mass is 16.3. The number of aromatic nitrogens is 1. The Bertz CT molecular complexity index is 826. The van der Waals surface area contributed by atoms with E-state index < -0.39 is 6.10 Å². The average Bonchev–Trinajstić information content (AvgIpc) is 2.99. The fraction of sp³-hybridized carbons (Fsp3) is 0.571.